The van der Waals surface area contributed by atoms with Gasteiger partial charge in [-0.15, -0.1) is 0 Å². The molecule has 2 rings (SSSR count). The number of methoxy groups -OCH3 is 1. The Morgan fingerprint density at radius 3 is 2.38 bits per heavy atom. The van der Waals surface area contributed by atoms with Gasteiger partial charge in [-0.05, 0) is 26.7 Å². The van der Waals surface area contributed by atoms with Crippen LogP contribution in [0.2, 0.25) is 0 Å². The number of rotatable bonds is 3. The first-order chi connectivity index (χ1) is 7.55. The van der Waals surface area contributed by atoms with Gasteiger partial charge in [0.25, 0.3) is 0 Å². The maximum atomic E-state index is 11.7. The van der Waals surface area contributed by atoms with E-state index in [0.717, 1.165) is 32.5 Å². The van der Waals surface area contributed by atoms with Crippen LogP contribution >= 0.6 is 0 Å². The molecule has 0 bridgehead atoms. The minimum Gasteiger partial charge on any atom is -0.469 e. The van der Waals surface area contributed by atoms with Crippen LogP contribution in [0.4, 0.5) is 0 Å². The lowest BCUT2D eigenvalue weighted by atomic mass is 10.1. The van der Waals surface area contributed by atoms with Gasteiger partial charge in [0.05, 0.1) is 24.7 Å². The van der Waals surface area contributed by atoms with Crippen LogP contribution < -0.4 is 0 Å². The molecule has 0 aromatic carbocycles. The van der Waals surface area contributed by atoms with Gasteiger partial charge in [0.2, 0.25) is 0 Å². The van der Waals surface area contributed by atoms with Crippen molar-refractivity contribution in [1.29, 1.82) is 0 Å². The molecule has 16 heavy (non-hydrogen) atoms. The number of nitrogens with zero attached hydrogens (tertiary/aromatic N) is 1. The number of carbonyl (C=O) groups is 1. The second kappa shape index (κ2) is 4.34. The fourth-order valence-corrected chi connectivity index (χ4v) is 2.64. The Kier molecular flexibility index (Phi) is 3.22. The topological polar surface area (TPSA) is 38.8 Å². The van der Waals surface area contributed by atoms with Crippen LogP contribution in [0.3, 0.4) is 0 Å². The second-order valence-corrected chi connectivity index (χ2v) is 5.22. The van der Waals surface area contributed by atoms with Crippen LogP contribution in [0.25, 0.3) is 0 Å². The van der Waals surface area contributed by atoms with Crippen molar-refractivity contribution in [3.63, 3.8) is 0 Å². The van der Waals surface area contributed by atoms with E-state index in [1.54, 1.807) is 0 Å². The lowest BCUT2D eigenvalue weighted by Gasteiger charge is -2.36. The van der Waals surface area contributed by atoms with Crippen LogP contribution in [-0.2, 0) is 14.3 Å². The Morgan fingerprint density at radius 2 is 1.94 bits per heavy atom. The summed E-state index contributed by atoms with van der Waals surface area (Å²) in [7, 11) is 1.48. The summed E-state index contributed by atoms with van der Waals surface area (Å²) in [5.74, 6) is -0.0423. The van der Waals surface area contributed by atoms with Crippen LogP contribution in [-0.4, -0.2) is 49.8 Å². The normalized spacial score (nSPS) is 33.4. The highest BCUT2D eigenvalue weighted by atomic mass is 16.5. The molecule has 2 aliphatic rings. The van der Waals surface area contributed by atoms with E-state index in [2.05, 4.69) is 18.7 Å². The molecule has 1 saturated heterocycles. The first-order valence-electron chi connectivity index (χ1n) is 6.02. The van der Waals surface area contributed by atoms with Crippen molar-refractivity contribution in [2.24, 2.45) is 5.41 Å². The number of morpholine rings is 1. The Balaban J connectivity index is 1.92. The number of carbonyl (C=O) groups excluding carboxylic acids is 1. The zero-order valence-corrected chi connectivity index (χ0v) is 10.4. The van der Waals surface area contributed by atoms with E-state index < -0.39 is 0 Å². The maximum Gasteiger partial charge on any atom is 0.313 e. The summed E-state index contributed by atoms with van der Waals surface area (Å²) < 4.78 is 10.6. The summed E-state index contributed by atoms with van der Waals surface area (Å²) in [5.41, 5.74) is -0.203. The summed E-state index contributed by atoms with van der Waals surface area (Å²) in [4.78, 5) is 14.0. The first kappa shape index (κ1) is 11.9. The van der Waals surface area contributed by atoms with Crippen molar-refractivity contribution >= 4 is 5.97 Å². The SMILES string of the molecule is COC(=O)C1(CN2C[C@@H](C)O[C@@H](C)C2)CC1. The van der Waals surface area contributed by atoms with E-state index in [1.807, 2.05) is 0 Å². The lowest BCUT2D eigenvalue weighted by Crippen LogP contribution is -2.48. The smallest absolute Gasteiger partial charge is 0.313 e. The second-order valence-electron chi connectivity index (χ2n) is 5.22. The van der Waals surface area contributed by atoms with Crippen LogP contribution in [0.15, 0.2) is 0 Å². The maximum absolute atomic E-state index is 11.7. The highest BCUT2D eigenvalue weighted by Gasteiger charge is 2.52. The molecule has 0 radical (unpaired) electrons. The molecule has 2 atom stereocenters. The van der Waals surface area contributed by atoms with E-state index in [1.165, 1.54) is 7.11 Å². The molecular weight excluding hydrogens is 206 g/mol. The molecular formula is C12H21NO3. The van der Waals surface area contributed by atoms with Gasteiger partial charge in [0.1, 0.15) is 0 Å². The minimum absolute atomic E-state index is 0.0423. The molecule has 0 N–H and O–H groups in total. The third-order valence-corrected chi connectivity index (χ3v) is 3.49. The summed E-state index contributed by atoms with van der Waals surface area (Å²) in [5, 5.41) is 0. The average Bonchev–Trinajstić information content (AvgIpc) is 2.96. The largest absolute Gasteiger partial charge is 0.469 e. The summed E-state index contributed by atoms with van der Waals surface area (Å²) in [6.45, 7) is 6.84. The quantitative estimate of drug-likeness (QED) is 0.676. The molecule has 1 aliphatic heterocycles. The van der Waals surface area contributed by atoms with E-state index >= 15 is 0 Å². The van der Waals surface area contributed by atoms with E-state index in [0.29, 0.717) is 0 Å². The molecule has 0 amide bonds. The van der Waals surface area contributed by atoms with Crippen LogP contribution in [0.5, 0.6) is 0 Å². The highest BCUT2D eigenvalue weighted by Crippen LogP contribution is 2.47. The molecule has 0 aromatic heterocycles. The molecule has 1 heterocycles. The zero-order valence-electron chi connectivity index (χ0n) is 10.4. The lowest BCUT2D eigenvalue weighted by molar-refractivity contribution is -0.149. The molecule has 0 aromatic rings. The van der Waals surface area contributed by atoms with Gasteiger partial charge in [0.15, 0.2) is 0 Å². The fourth-order valence-electron chi connectivity index (χ4n) is 2.64. The molecule has 92 valence electrons. The zero-order chi connectivity index (χ0) is 11.8. The Hall–Kier alpha value is -0.610. The van der Waals surface area contributed by atoms with Crippen molar-refractivity contribution in [2.45, 2.75) is 38.9 Å². The average molecular weight is 227 g/mol. The first-order valence-corrected chi connectivity index (χ1v) is 6.02. The van der Waals surface area contributed by atoms with Crippen molar-refractivity contribution in [3.8, 4) is 0 Å². The number of ether oxygens (including phenoxy) is 2. The van der Waals surface area contributed by atoms with Crippen molar-refractivity contribution < 1.29 is 14.3 Å². The molecule has 0 unspecified atom stereocenters. The Morgan fingerprint density at radius 1 is 1.38 bits per heavy atom. The molecule has 0 spiro atoms. The van der Waals surface area contributed by atoms with Gasteiger partial charge < -0.3 is 9.47 Å². The van der Waals surface area contributed by atoms with Gasteiger partial charge in [-0.25, -0.2) is 0 Å². The number of hydrogen-bond acceptors (Lipinski definition) is 4. The number of hydrogen-bond donors (Lipinski definition) is 0. The van der Waals surface area contributed by atoms with E-state index in [-0.39, 0.29) is 23.6 Å². The van der Waals surface area contributed by atoms with Crippen LogP contribution in [0.1, 0.15) is 26.7 Å². The van der Waals surface area contributed by atoms with Gasteiger partial charge in [0, 0.05) is 19.6 Å². The van der Waals surface area contributed by atoms with Crippen molar-refractivity contribution in [2.75, 3.05) is 26.7 Å². The van der Waals surface area contributed by atoms with Gasteiger partial charge in [-0.1, -0.05) is 0 Å². The molecule has 4 nitrogen and oxygen atoms in total. The third-order valence-electron chi connectivity index (χ3n) is 3.49. The van der Waals surface area contributed by atoms with Crippen molar-refractivity contribution in [3.05, 3.63) is 0 Å². The van der Waals surface area contributed by atoms with E-state index in [9.17, 15) is 4.79 Å². The van der Waals surface area contributed by atoms with Gasteiger partial charge in [-0.2, -0.15) is 0 Å². The fraction of sp³-hybridized carbons (Fsp3) is 0.917. The Bertz CT molecular complexity index is 265. The minimum atomic E-state index is -0.203. The van der Waals surface area contributed by atoms with Crippen LogP contribution in [0, 0.1) is 5.41 Å². The summed E-state index contributed by atoms with van der Waals surface area (Å²) >= 11 is 0. The van der Waals surface area contributed by atoms with Gasteiger partial charge in [-0.3, -0.25) is 9.69 Å². The predicted octanol–water partition coefficient (Wildman–Crippen LogP) is 1.05. The summed E-state index contributed by atoms with van der Waals surface area (Å²) in [6, 6.07) is 0. The number of esters is 1. The molecule has 2 fully saturated rings. The summed E-state index contributed by atoms with van der Waals surface area (Å²) in [6.07, 6.45) is 2.47. The highest BCUT2D eigenvalue weighted by molar-refractivity contribution is 5.80. The third kappa shape index (κ3) is 2.38. The standard InChI is InChI=1S/C12H21NO3/c1-9-6-13(7-10(2)16-9)8-12(4-5-12)11(14)15-3/h9-10H,4-8H2,1-3H3/t9-,10+. The van der Waals surface area contributed by atoms with E-state index in [4.69, 9.17) is 9.47 Å². The van der Waals surface area contributed by atoms with Crippen molar-refractivity contribution in [1.82, 2.24) is 4.90 Å². The molecule has 1 aliphatic carbocycles. The Labute approximate surface area is 96.9 Å². The molecule has 4 heteroatoms. The predicted molar refractivity (Wildman–Crippen MR) is 60.1 cm³/mol. The molecule has 1 saturated carbocycles. The van der Waals surface area contributed by atoms with Gasteiger partial charge >= 0.3 is 5.97 Å². The monoisotopic (exact) mass is 227 g/mol.